The number of alkyl halides is 2. The van der Waals surface area contributed by atoms with E-state index in [1.807, 2.05) is 24.0 Å². The van der Waals surface area contributed by atoms with Gasteiger partial charge in [-0.1, -0.05) is 29.8 Å². The van der Waals surface area contributed by atoms with Crippen molar-refractivity contribution in [1.29, 1.82) is 5.26 Å². The molecule has 0 radical (unpaired) electrons. The summed E-state index contributed by atoms with van der Waals surface area (Å²) < 4.78 is 33.9. The van der Waals surface area contributed by atoms with Gasteiger partial charge in [0.25, 0.3) is 11.8 Å². The minimum atomic E-state index is -3.19. The maximum atomic E-state index is 14.1. The molecule has 506 valence electrons. The fourth-order valence-electron chi connectivity index (χ4n) is 11.9. The molecule has 0 saturated carbocycles. The molecule has 4 aliphatic heterocycles. The number of unbranched alkanes of at least 4 members (excludes halogenated alkanes) is 1. The van der Waals surface area contributed by atoms with E-state index in [-0.39, 0.29) is 120 Å². The van der Waals surface area contributed by atoms with Crippen LogP contribution in [0.5, 0.6) is 5.75 Å². The number of aliphatic carboxylic acids is 3. The van der Waals surface area contributed by atoms with Crippen molar-refractivity contribution in [2.75, 3.05) is 130 Å². The number of nitriles is 1. The highest BCUT2D eigenvalue weighted by Gasteiger charge is 2.47. The molecule has 7 rings (SSSR count). The zero-order valence-corrected chi connectivity index (χ0v) is 53.5. The number of hydrogen-bond acceptors (Lipinski definition) is 18. The molecule has 3 aromatic rings. The smallest absolute Gasteiger partial charge is 0.317 e. The second-order valence-electron chi connectivity index (χ2n) is 24.3. The van der Waals surface area contributed by atoms with Gasteiger partial charge in [-0.2, -0.15) is 5.26 Å². The molecule has 1 aromatic heterocycles. The van der Waals surface area contributed by atoms with E-state index < -0.39 is 90.8 Å². The van der Waals surface area contributed by atoms with Gasteiger partial charge in [-0.3, -0.25) is 77.4 Å². The number of carboxylic acid groups (broad SMARTS) is 3. The Bertz CT molecular complexity index is 3120. The Labute approximate surface area is 543 Å². The highest BCUT2D eigenvalue weighted by atomic mass is 32.2. The van der Waals surface area contributed by atoms with Crippen molar-refractivity contribution in [3.8, 4) is 11.8 Å². The Kier molecular flexibility index (Phi) is 28.0. The largest absolute Gasteiger partial charge is 0.494 e. The first-order valence-electron chi connectivity index (χ1n) is 31.8. The predicted molar refractivity (Wildman–Crippen MR) is 338 cm³/mol. The minimum Gasteiger partial charge on any atom is -0.494 e. The molecule has 1 unspecified atom stereocenters. The van der Waals surface area contributed by atoms with E-state index in [1.54, 1.807) is 43.9 Å². The SMILES string of the molecule is Cc1ccc(CCCC(=O)NCCCC[C@@H](CSC2CC(=O)N(CC(=O)N3CCC(CCCOc4ccc5nccc(C(=O)NCC(=O)N6CC(F)(F)C[C@@H]6C#N)c5c4)CC3)C2=O)NC(=O)CN2CCN(CC(=O)O)CCN(CC(=O)O)CCN(CC(=O)O)CC2)cc1. The monoisotopic (exact) mass is 1320 g/mol. The molecule has 0 aliphatic carbocycles. The summed E-state index contributed by atoms with van der Waals surface area (Å²) in [5.74, 6) is -8.64. The summed E-state index contributed by atoms with van der Waals surface area (Å²) in [6, 6.07) is 14.6. The average molecular weight is 1320 g/mol. The van der Waals surface area contributed by atoms with Crippen molar-refractivity contribution in [2.45, 2.75) is 107 Å². The topological polar surface area (TPSA) is 336 Å². The summed E-state index contributed by atoms with van der Waals surface area (Å²) in [5, 5.41) is 46.4. The van der Waals surface area contributed by atoms with Crippen molar-refractivity contribution in [3.05, 3.63) is 71.4 Å². The van der Waals surface area contributed by atoms with Crippen molar-refractivity contribution in [1.82, 2.24) is 55.2 Å². The Hall–Kier alpha value is -7.91. The lowest BCUT2D eigenvalue weighted by atomic mass is 9.92. The number of hydrogen-bond donors (Lipinski definition) is 6. The first kappa shape index (κ1) is 72.5. The van der Waals surface area contributed by atoms with E-state index in [0.717, 1.165) is 33.8 Å². The van der Waals surface area contributed by atoms with E-state index in [4.69, 9.17) is 4.74 Å². The Balaban J connectivity index is 0.878. The molecule has 7 amide bonds. The number of rotatable bonds is 31. The van der Waals surface area contributed by atoms with Crippen molar-refractivity contribution in [3.63, 3.8) is 0 Å². The van der Waals surface area contributed by atoms with Crippen LogP contribution in [0, 0.1) is 24.2 Å². The number of benzene rings is 2. The van der Waals surface area contributed by atoms with Gasteiger partial charge in [-0.25, -0.2) is 8.78 Å². The number of pyridine rings is 1. The van der Waals surface area contributed by atoms with Crippen LogP contribution in [-0.2, 0) is 49.6 Å². The summed E-state index contributed by atoms with van der Waals surface area (Å²) in [5.41, 5.74) is 2.99. The number of ether oxygens (including phenoxy) is 1. The molecule has 4 aliphatic rings. The lowest BCUT2D eigenvalue weighted by molar-refractivity contribution is -0.146. The molecule has 0 spiro atoms. The zero-order chi connectivity index (χ0) is 67.0. The summed E-state index contributed by atoms with van der Waals surface area (Å²) in [6.45, 7) is 2.40. The first-order valence-corrected chi connectivity index (χ1v) is 32.8. The van der Waals surface area contributed by atoms with Gasteiger partial charge >= 0.3 is 17.9 Å². The first-order chi connectivity index (χ1) is 44.5. The number of carboxylic acids is 3. The second-order valence-corrected chi connectivity index (χ2v) is 25.6. The van der Waals surface area contributed by atoms with Crippen LogP contribution in [0.15, 0.2) is 54.7 Å². The summed E-state index contributed by atoms with van der Waals surface area (Å²) in [4.78, 5) is 144. The van der Waals surface area contributed by atoms with Gasteiger partial charge in [0, 0.05) is 115 Å². The number of amides is 7. The van der Waals surface area contributed by atoms with Crippen LogP contribution < -0.4 is 20.7 Å². The van der Waals surface area contributed by atoms with Gasteiger partial charge in [0.2, 0.25) is 35.4 Å². The molecular formula is C64H86F2N12O14S. The molecule has 2 aromatic carbocycles. The van der Waals surface area contributed by atoms with Gasteiger partial charge in [-0.15, -0.1) is 11.8 Å². The van der Waals surface area contributed by atoms with Crippen molar-refractivity contribution in [2.24, 2.45) is 5.92 Å². The van der Waals surface area contributed by atoms with Crippen LogP contribution in [0.4, 0.5) is 8.78 Å². The summed E-state index contributed by atoms with van der Waals surface area (Å²) in [7, 11) is 0. The van der Waals surface area contributed by atoms with Crippen LogP contribution >= 0.6 is 11.8 Å². The fourth-order valence-corrected chi connectivity index (χ4v) is 13.2. The lowest BCUT2D eigenvalue weighted by Crippen LogP contribution is -2.50. The molecule has 93 heavy (non-hydrogen) atoms. The maximum absolute atomic E-state index is 14.1. The van der Waals surface area contributed by atoms with E-state index in [9.17, 15) is 77.3 Å². The van der Waals surface area contributed by atoms with Gasteiger partial charge in [0.15, 0.2) is 0 Å². The second kappa shape index (κ2) is 35.9. The Morgan fingerprint density at radius 3 is 1.99 bits per heavy atom. The number of aromatic nitrogens is 1. The molecule has 6 N–H and O–H groups in total. The van der Waals surface area contributed by atoms with Gasteiger partial charge in [-0.05, 0) is 100 Å². The highest BCUT2D eigenvalue weighted by molar-refractivity contribution is 8.00. The molecule has 5 heterocycles. The van der Waals surface area contributed by atoms with Crippen LogP contribution in [-0.4, -0.2) is 267 Å². The van der Waals surface area contributed by atoms with E-state index >= 15 is 0 Å². The summed E-state index contributed by atoms with van der Waals surface area (Å²) in [6.07, 6.45) is 6.84. The highest BCUT2D eigenvalue weighted by Crippen LogP contribution is 2.32. The number of imide groups is 1. The van der Waals surface area contributed by atoms with Gasteiger partial charge < -0.3 is 45.8 Å². The number of aryl methyl sites for hydroxylation is 2. The van der Waals surface area contributed by atoms with Crippen LogP contribution in [0.3, 0.4) is 0 Å². The number of thioether (sulfide) groups is 1. The van der Waals surface area contributed by atoms with Gasteiger partial charge in [0.1, 0.15) is 18.3 Å². The third-order valence-electron chi connectivity index (χ3n) is 17.1. The van der Waals surface area contributed by atoms with Crippen LogP contribution in [0.25, 0.3) is 10.9 Å². The zero-order valence-electron chi connectivity index (χ0n) is 52.7. The number of carbonyl (C=O) groups excluding carboxylic acids is 7. The third kappa shape index (κ3) is 23.9. The third-order valence-corrected chi connectivity index (χ3v) is 18.5. The number of likely N-dealkylation sites (tertiary alicyclic amines) is 3. The Morgan fingerprint density at radius 1 is 0.753 bits per heavy atom. The van der Waals surface area contributed by atoms with Crippen LogP contribution in [0.2, 0.25) is 0 Å². The maximum Gasteiger partial charge on any atom is 0.317 e. The normalized spacial score (nSPS) is 19.3. The molecule has 4 fully saturated rings. The van der Waals surface area contributed by atoms with Crippen LogP contribution in [0.1, 0.15) is 92.1 Å². The molecule has 3 atom stereocenters. The van der Waals surface area contributed by atoms with E-state index in [0.29, 0.717) is 94.3 Å². The number of fused-ring (bicyclic) bond motifs is 1. The number of halogens is 2. The minimum absolute atomic E-state index is 0.0689. The molecular weight excluding hydrogens is 1230 g/mol. The summed E-state index contributed by atoms with van der Waals surface area (Å²) >= 11 is 1.22. The molecule has 26 nitrogen and oxygen atoms in total. The molecule has 0 bridgehead atoms. The quantitative estimate of drug-likeness (QED) is 0.0398. The fraction of sp³-hybridized carbons (Fsp3) is 0.594. The number of piperidine rings is 1. The number of nitrogens with one attached hydrogen (secondary N) is 3. The standard InChI is InChI=1S/C64H86F2N12O14S/c1-44-10-12-45(13-11-44)6-4-9-54(79)69-19-3-2-8-47(71-55(80)37-72-23-25-73(39-59(84)85)27-29-75(41-61(88)89)30-28-74(26-24-72)40-60(86)87)42-93-53-33-56(81)77(63(53)91)38-58(83)76-21-17-46(18-22-76)7-5-31-92-49-14-15-52-51(32-49)50(16-20-68-52)62(90)70-36-57(82)78-43-64(65,66)34-48(78)35-67/h10-16,20,32,46-48,53H,2-9,17-19,21-31,33-34,36-43H2,1H3,(H,69,79)(H,70,90)(H,71,80)(H,84,85)(H,86,87)(H,88,89)/t47-,48+,53?/m0/s1. The van der Waals surface area contributed by atoms with Gasteiger partial charge in [0.05, 0.1) is 68.3 Å². The molecule has 4 saturated heterocycles. The van der Waals surface area contributed by atoms with E-state index in [2.05, 4.69) is 33.1 Å². The predicted octanol–water partition coefficient (Wildman–Crippen LogP) is 2.56. The average Bonchev–Trinajstić information content (AvgIpc) is 1.78. The number of nitrogens with zero attached hydrogens (tertiary/aromatic N) is 9. The molecule has 29 heteroatoms. The number of carbonyl (C=O) groups is 10. The van der Waals surface area contributed by atoms with E-state index in [1.165, 1.54) is 24.0 Å². The van der Waals surface area contributed by atoms with Crippen molar-refractivity contribution >= 4 is 81.9 Å². The van der Waals surface area contributed by atoms with Crippen molar-refractivity contribution < 1.29 is 76.8 Å². The lowest BCUT2D eigenvalue weighted by Gasteiger charge is -2.33. The Morgan fingerprint density at radius 2 is 1.38 bits per heavy atom.